The first-order valence-corrected chi connectivity index (χ1v) is 10.5. The molecule has 1 aliphatic carbocycles. The van der Waals surface area contributed by atoms with Gasteiger partial charge in [-0.1, -0.05) is 40.2 Å². The smallest absolute Gasteiger partial charge is 0.321 e. The highest BCUT2D eigenvalue weighted by atomic mass is 79.9. The van der Waals surface area contributed by atoms with Gasteiger partial charge in [-0.3, -0.25) is 4.79 Å². The van der Waals surface area contributed by atoms with Crippen LogP contribution in [-0.2, 0) is 4.79 Å². The number of urea groups is 1. The number of nitrogens with one attached hydrogen (secondary N) is 1. The van der Waals surface area contributed by atoms with E-state index < -0.39 is 0 Å². The molecule has 2 aliphatic rings. The molecule has 0 bridgehead atoms. The zero-order valence-corrected chi connectivity index (χ0v) is 17.5. The molecule has 1 N–H and O–H groups in total. The van der Waals surface area contributed by atoms with Crippen LogP contribution in [-0.4, -0.2) is 47.9 Å². The van der Waals surface area contributed by atoms with Gasteiger partial charge in [0.15, 0.2) is 0 Å². The molecule has 0 aromatic heterocycles. The standard InChI is InChI=1S/C22H24BrN3O2/c1-15-3-2-4-18(13-15)24-22(28)26-11-9-25(10-12-26)21(27)20-14-19(20)16-5-7-17(23)8-6-16/h2-8,13,19-20H,9-12,14H2,1H3,(H,24,28). The highest BCUT2D eigenvalue weighted by Gasteiger charge is 2.46. The number of carbonyl (C=O) groups is 2. The van der Waals surface area contributed by atoms with Gasteiger partial charge in [0.2, 0.25) is 5.91 Å². The monoisotopic (exact) mass is 441 g/mol. The minimum Gasteiger partial charge on any atom is -0.339 e. The van der Waals surface area contributed by atoms with Crippen LogP contribution in [0, 0.1) is 12.8 Å². The summed E-state index contributed by atoms with van der Waals surface area (Å²) in [5, 5.41) is 2.94. The predicted octanol–water partition coefficient (Wildman–Crippen LogP) is 4.24. The van der Waals surface area contributed by atoms with Crippen LogP contribution < -0.4 is 5.32 Å². The zero-order valence-electron chi connectivity index (χ0n) is 15.9. The minimum absolute atomic E-state index is 0.0915. The zero-order chi connectivity index (χ0) is 19.7. The van der Waals surface area contributed by atoms with Crippen molar-refractivity contribution in [2.75, 3.05) is 31.5 Å². The maximum atomic E-state index is 12.8. The van der Waals surface area contributed by atoms with Crippen LogP contribution in [0.2, 0.25) is 0 Å². The SMILES string of the molecule is Cc1cccc(NC(=O)N2CCN(C(=O)C3CC3c3ccc(Br)cc3)CC2)c1. The highest BCUT2D eigenvalue weighted by Crippen LogP contribution is 2.48. The van der Waals surface area contributed by atoms with Gasteiger partial charge in [-0.25, -0.2) is 4.79 Å². The molecule has 4 rings (SSSR count). The lowest BCUT2D eigenvalue weighted by Gasteiger charge is -2.35. The molecule has 2 fully saturated rings. The molecule has 2 aromatic rings. The van der Waals surface area contributed by atoms with Crippen LogP contribution in [0.25, 0.3) is 0 Å². The summed E-state index contributed by atoms with van der Waals surface area (Å²) in [6.07, 6.45) is 0.925. The highest BCUT2D eigenvalue weighted by molar-refractivity contribution is 9.10. The van der Waals surface area contributed by atoms with Gasteiger partial charge in [0.25, 0.3) is 0 Å². The molecule has 1 aliphatic heterocycles. The van der Waals surface area contributed by atoms with E-state index in [1.165, 1.54) is 5.56 Å². The van der Waals surface area contributed by atoms with E-state index in [9.17, 15) is 9.59 Å². The fourth-order valence-electron chi connectivity index (χ4n) is 3.84. The van der Waals surface area contributed by atoms with Crippen molar-refractivity contribution in [2.24, 2.45) is 5.92 Å². The Kier molecular flexibility index (Phi) is 5.40. The van der Waals surface area contributed by atoms with E-state index >= 15 is 0 Å². The van der Waals surface area contributed by atoms with Gasteiger partial charge in [-0.15, -0.1) is 0 Å². The first-order chi connectivity index (χ1) is 13.5. The predicted molar refractivity (Wildman–Crippen MR) is 113 cm³/mol. The average molecular weight is 442 g/mol. The number of anilines is 1. The topological polar surface area (TPSA) is 52.7 Å². The third-order valence-corrected chi connectivity index (χ3v) is 6.08. The van der Waals surface area contributed by atoms with Crippen LogP contribution >= 0.6 is 15.9 Å². The first kappa shape index (κ1) is 19.0. The Morgan fingerprint density at radius 3 is 2.36 bits per heavy atom. The van der Waals surface area contributed by atoms with Crippen LogP contribution in [0.1, 0.15) is 23.5 Å². The number of benzene rings is 2. The van der Waals surface area contributed by atoms with Gasteiger partial charge < -0.3 is 15.1 Å². The lowest BCUT2D eigenvalue weighted by atomic mass is 10.1. The summed E-state index contributed by atoms with van der Waals surface area (Å²) in [5.74, 6) is 0.656. The Labute approximate surface area is 173 Å². The summed E-state index contributed by atoms with van der Waals surface area (Å²) in [5.41, 5.74) is 3.15. The number of piperazine rings is 1. The second-order valence-electron chi connectivity index (χ2n) is 7.61. The number of aryl methyl sites for hydroxylation is 1. The molecule has 0 spiro atoms. The third kappa shape index (κ3) is 4.22. The van der Waals surface area contributed by atoms with Crippen LogP contribution in [0.4, 0.5) is 10.5 Å². The van der Waals surface area contributed by atoms with Crippen molar-refractivity contribution in [3.05, 3.63) is 64.1 Å². The van der Waals surface area contributed by atoms with Gasteiger partial charge in [0.1, 0.15) is 0 Å². The lowest BCUT2D eigenvalue weighted by Crippen LogP contribution is -2.52. The Morgan fingerprint density at radius 2 is 1.68 bits per heavy atom. The normalized spacial score (nSPS) is 21.4. The maximum absolute atomic E-state index is 12.8. The number of hydrogen-bond acceptors (Lipinski definition) is 2. The van der Waals surface area contributed by atoms with Crippen molar-refractivity contribution in [1.82, 2.24) is 9.80 Å². The van der Waals surface area contributed by atoms with Gasteiger partial charge in [0.05, 0.1) is 0 Å². The third-order valence-electron chi connectivity index (χ3n) is 5.55. The molecule has 3 amide bonds. The van der Waals surface area contributed by atoms with Crippen molar-refractivity contribution >= 4 is 33.6 Å². The lowest BCUT2D eigenvalue weighted by molar-refractivity contribution is -0.134. The number of halogens is 1. The Hall–Kier alpha value is -2.34. The summed E-state index contributed by atoms with van der Waals surface area (Å²) >= 11 is 3.45. The fraction of sp³-hybridized carbons (Fsp3) is 0.364. The molecule has 146 valence electrons. The largest absolute Gasteiger partial charge is 0.339 e. The van der Waals surface area contributed by atoms with Gasteiger partial charge in [0, 0.05) is 42.3 Å². The summed E-state index contributed by atoms with van der Waals surface area (Å²) in [6.45, 7) is 4.34. The molecule has 0 radical (unpaired) electrons. The maximum Gasteiger partial charge on any atom is 0.321 e. The molecule has 6 heteroatoms. The van der Waals surface area contributed by atoms with E-state index in [4.69, 9.17) is 0 Å². The summed E-state index contributed by atoms with van der Waals surface area (Å²) in [4.78, 5) is 29.0. The summed E-state index contributed by atoms with van der Waals surface area (Å²) in [7, 11) is 0. The van der Waals surface area contributed by atoms with E-state index in [1.54, 1.807) is 4.90 Å². The van der Waals surface area contributed by atoms with Crippen molar-refractivity contribution in [2.45, 2.75) is 19.3 Å². The van der Waals surface area contributed by atoms with Crippen molar-refractivity contribution in [3.8, 4) is 0 Å². The minimum atomic E-state index is -0.100. The van der Waals surface area contributed by atoms with Crippen molar-refractivity contribution in [3.63, 3.8) is 0 Å². The van der Waals surface area contributed by atoms with Gasteiger partial charge >= 0.3 is 6.03 Å². The molecule has 2 atom stereocenters. The number of hydrogen-bond donors (Lipinski definition) is 1. The van der Waals surface area contributed by atoms with E-state index in [2.05, 4.69) is 33.4 Å². The molecule has 2 aromatic carbocycles. The average Bonchev–Trinajstić information content (AvgIpc) is 3.49. The van der Waals surface area contributed by atoms with Crippen molar-refractivity contribution < 1.29 is 9.59 Å². The van der Waals surface area contributed by atoms with Gasteiger partial charge in [-0.05, 0) is 54.7 Å². The van der Waals surface area contributed by atoms with E-state index in [-0.39, 0.29) is 17.9 Å². The van der Waals surface area contributed by atoms with Crippen molar-refractivity contribution in [1.29, 1.82) is 0 Å². The van der Waals surface area contributed by atoms with Crippen LogP contribution in [0.3, 0.4) is 0 Å². The van der Waals surface area contributed by atoms with E-state index in [1.807, 2.05) is 48.2 Å². The Bertz CT molecular complexity index is 876. The van der Waals surface area contributed by atoms with E-state index in [0.29, 0.717) is 32.1 Å². The molecule has 1 heterocycles. The molecular weight excluding hydrogens is 418 g/mol. The van der Waals surface area contributed by atoms with Crippen LogP contribution in [0.15, 0.2) is 53.0 Å². The number of rotatable bonds is 3. The fourth-order valence-corrected chi connectivity index (χ4v) is 4.10. The molecule has 28 heavy (non-hydrogen) atoms. The van der Waals surface area contributed by atoms with Crippen LogP contribution in [0.5, 0.6) is 0 Å². The molecule has 1 saturated heterocycles. The molecule has 5 nitrogen and oxygen atoms in total. The van der Waals surface area contributed by atoms with E-state index in [0.717, 1.165) is 22.1 Å². The van der Waals surface area contributed by atoms with Gasteiger partial charge in [-0.2, -0.15) is 0 Å². The summed E-state index contributed by atoms with van der Waals surface area (Å²) < 4.78 is 1.06. The quantitative estimate of drug-likeness (QED) is 0.774. The summed E-state index contributed by atoms with van der Waals surface area (Å²) in [6, 6.07) is 15.9. The Balaban J connectivity index is 1.27. The molecule has 2 unspecified atom stereocenters. The Morgan fingerprint density at radius 1 is 1.00 bits per heavy atom. The molecule has 1 saturated carbocycles. The first-order valence-electron chi connectivity index (χ1n) is 9.68. The number of carbonyl (C=O) groups excluding carboxylic acids is 2. The number of amides is 3. The molecular formula is C22H24BrN3O2. The second kappa shape index (κ2) is 7.95. The number of nitrogens with zero attached hydrogens (tertiary/aromatic N) is 2. The second-order valence-corrected chi connectivity index (χ2v) is 8.53.